The molecule has 0 aromatic heterocycles. The summed E-state index contributed by atoms with van der Waals surface area (Å²) in [5, 5.41) is 3.33. The zero-order valence-corrected chi connectivity index (χ0v) is 10.7. The molecular formula is C14H18F3NO. The lowest BCUT2D eigenvalue weighted by atomic mass is 10.0. The highest BCUT2D eigenvalue weighted by molar-refractivity contribution is 5.36. The van der Waals surface area contributed by atoms with Gasteiger partial charge >= 0.3 is 6.18 Å². The molecule has 0 fully saturated rings. The third-order valence-corrected chi connectivity index (χ3v) is 3.17. The molecule has 2 nitrogen and oxygen atoms in total. The minimum absolute atomic E-state index is 0.00212. The summed E-state index contributed by atoms with van der Waals surface area (Å²) in [5.74, 6) is 0.669. The topological polar surface area (TPSA) is 21.3 Å². The lowest BCUT2D eigenvalue weighted by molar-refractivity contribution is -0.136. The molecular weight excluding hydrogens is 255 g/mol. The van der Waals surface area contributed by atoms with Crippen molar-refractivity contribution in [2.24, 2.45) is 0 Å². The highest BCUT2D eigenvalue weighted by atomic mass is 19.4. The average molecular weight is 273 g/mol. The number of hydrogen-bond donors (Lipinski definition) is 1. The molecule has 19 heavy (non-hydrogen) atoms. The molecule has 1 heterocycles. The van der Waals surface area contributed by atoms with Gasteiger partial charge < -0.3 is 10.1 Å². The Labute approximate surface area is 111 Å². The van der Waals surface area contributed by atoms with Crippen LogP contribution >= 0.6 is 0 Å². The maximum atomic E-state index is 12.0. The van der Waals surface area contributed by atoms with Crippen molar-refractivity contribution < 1.29 is 17.9 Å². The third kappa shape index (κ3) is 4.74. The molecule has 0 unspecified atom stereocenters. The monoisotopic (exact) mass is 273 g/mol. The van der Waals surface area contributed by atoms with Crippen molar-refractivity contribution in [2.75, 3.05) is 13.2 Å². The summed E-state index contributed by atoms with van der Waals surface area (Å²) in [6, 6.07) is 5.78. The van der Waals surface area contributed by atoms with Crippen molar-refractivity contribution in [3.63, 3.8) is 0 Å². The second-order valence-electron chi connectivity index (χ2n) is 4.78. The summed E-state index contributed by atoms with van der Waals surface area (Å²) >= 11 is 0. The SMILES string of the molecule is FC(F)(F)CCCOc1ccc2c(c1)CCCNC2. The first kappa shape index (κ1) is 14.2. The van der Waals surface area contributed by atoms with Crippen LogP contribution in [-0.2, 0) is 13.0 Å². The van der Waals surface area contributed by atoms with E-state index in [1.54, 1.807) is 0 Å². The number of hydrogen-bond acceptors (Lipinski definition) is 2. The van der Waals surface area contributed by atoms with Gasteiger partial charge in [0.25, 0.3) is 0 Å². The van der Waals surface area contributed by atoms with Crippen LogP contribution in [0.25, 0.3) is 0 Å². The van der Waals surface area contributed by atoms with E-state index in [1.807, 2.05) is 18.2 Å². The van der Waals surface area contributed by atoms with E-state index in [1.165, 1.54) is 11.1 Å². The molecule has 0 radical (unpaired) electrons. The minimum Gasteiger partial charge on any atom is -0.494 e. The molecule has 106 valence electrons. The van der Waals surface area contributed by atoms with E-state index >= 15 is 0 Å². The van der Waals surface area contributed by atoms with Gasteiger partial charge in [-0.25, -0.2) is 0 Å². The van der Waals surface area contributed by atoms with Crippen molar-refractivity contribution in [3.05, 3.63) is 29.3 Å². The van der Waals surface area contributed by atoms with Crippen LogP contribution in [0.1, 0.15) is 30.4 Å². The molecule has 1 aromatic rings. The number of halogens is 3. The fraction of sp³-hybridized carbons (Fsp3) is 0.571. The Balaban J connectivity index is 1.86. The molecule has 0 saturated heterocycles. The van der Waals surface area contributed by atoms with Gasteiger partial charge in [0.05, 0.1) is 6.61 Å². The number of alkyl halides is 3. The standard InChI is InChI=1S/C14H18F3NO/c15-14(16,17)6-2-8-19-13-5-4-12-10-18-7-1-3-11(12)9-13/h4-5,9,18H,1-3,6-8,10H2. The number of fused-ring (bicyclic) bond motifs is 1. The maximum absolute atomic E-state index is 12.0. The Hall–Kier alpha value is -1.23. The van der Waals surface area contributed by atoms with Crippen molar-refractivity contribution in [3.8, 4) is 5.75 Å². The van der Waals surface area contributed by atoms with Gasteiger partial charge in [-0.15, -0.1) is 0 Å². The Morgan fingerprint density at radius 2 is 2.05 bits per heavy atom. The number of ether oxygens (including phenoxy) is 1. The quantitative estimate of drug-likeness (QED) is 0.848. The smallest absolute Gasteiger partial charge is 0.389 e. The average Bonchev–Trinajstić information content (AvgIpc) is 2.58. The molecule has 0 atom stereocenters. The first-order chi connectivity index (χ1) is 9.04. The molecule has 0 amide bonds. The zero-order chi connectivity index (χ0) is 13.7. The summed E-state index contributed by atoms with van der Waals surface area (Å²) in [6.45, 7) is 1.96. The van der Waals surface area contributed by atoms with Crippen LogP contribution in [0.5, 0.6) is 5.75 Å². The molecule has 1 aliphatic rings. The van der Waals surface area contributed by atoms with Crippen LogP contribution in [0.3, 0.4) is 0 Å². The Morgan fingerprint density at radius 3 is 2.84 bits per heavy atom. The van der Waals surface area contributed by atoms with E-state index in [2.05, 4.69) is 5.32 Å². The number of rotatable bonds is 4. The van der Waals surface area contributed by atoms with Gasteiger partial charge in [0.15, 0.2) is 0 Å². The molecule has 5 heteroatoms. The normalized spacial score (nSPS) is 15.7. The van der Waals surface area contributed by atoms with Gasteiger partial charge in [-0.2, -0.15) is 13.2 Å². The highest BCUT2D eigenvalue weighted by Gasteiger charge is 2.26. The molecule has 0 bridgehead atoms. The van der Waals surface area contributed by atoms with Crippen LogP contribution in [0.4, 0.5) is 13.2 Å². The van der Waals surface area contributed by atoms with Crippen LogP contribution < -0.4 is 10.1 Å². The van der Waals surface area contributed by atoms with Crippen LogP contribution in [0.15, 0.2) is 18.2 Å². The first-order valence-electron chi connectivity index (χ1n) is 6.57. The van der Waals surface area contributed by atoms with Crippen LogP contribution in [0, 0.1) is 0 Å². The van der Waals surface area contributed by atoms with E-state index < -0.39 is 12.6 Å². The number of aryl methyl sites for hydroxylation is 1. The largest absolute Gasteiger partial charge is 0.494 e. The number of nitrogens with one attached hydrogen (secondary N) is 1. The summed E-state index contributed by atoms with van der Waals surface area (Å²) in [4.78, 5) is 0. The van der Waals surface area contributed by atoms with Crippen molar-refractivity contribution in [1.29, 1.82) is 0 Å². The van der Waals surface area contributed by atoms with Gasteiger partial charge in [-0.1, -0.05) is 6.07 Å². The minimum atomic E-state index is -4.09. The number of benzene rings is 1. The zero-order valence-electron chi connectivity index (χ0n) is 10.7. The Morgan fingerprint density at radius 1 is 1.21 bits per heavy atom. The fourth-order valence-corrected chi connectivity index (χ4v) is 2.19. The van der Waals surface area contributed by atoms with E-state index in [-0.39, 0.29) is 13.0 Å². The van der Waals surface area contributed by atoms with E-state index in [0.29, 0.717) is 5.75 Å². The summed E-state index contributed by atoms with van der Waals surface area (Å²) in [7, 11) is 0. The van der Waals surface area contributed by atoms with Crippen molar-refractivity contribution in [2.45, 2.75) is 38.4 Å². The molecule has 1 aliphatic heterocycles. The lowest BCUT2D eigenvalue weighted by Gasteiger charge is -2.11. The van der Waals surface area contributed by atoms with Gasteiger partial charge in [-0.05, 0) is 49.1 Å². The Kier molecular flexibility index (Phi) is 4.69. The van der Waals surface area contributed by atoms with Crippen LogP contribution in [-0.4, -0.2) is 19.3 Å². The second-order valence-corrected chi connectivity index (χ2v) is 4.78. The first-order valence-corrected chi connectivity index (χ1v) is 6.57. The molecule has 0 spiro atoms. The van der Waals surface area contributed by atoms with Crippen LogP contribution in [0.2, 0.25) is 0 Å². The maximum Gasteiger partial charge on any atom is 0.389 e. The van der Waals surface area contributed by atoms with Gasteiger partial charge in [0, 0.05) is 13.0 Å². The van der Waals surface area contributed by atoms with Gasteiger partial charge in [0.2, 0.25) is 0 Å². The second kappa shape index (κ2) is 6.28. The van der Waals surface area contributed by atoms with E-state index in [4.69, 9.17) is 4.74 Å². The predicted octanol–water partition coefficient (Wildman–Crippen LogP) is 3.44. The third-order valence-electron chi connectivity index (χ3n) is 3.17. The van der Waals surface area contributed by atoms with Gasteiger partial charge in [-0.3, -0.25) is 0 Å². The molecule has 2 rings (SSSR count). The summed E-state index contributed by atoms with van der Waals surface area (Å²) in [6.07, 6.45) is -2.82. The molecule has 1 aromatic carbocycles. The highest BCUT2D eigenvalue weighted by Crippen LogP contribution is 2.23. The lowest BCUT2D eigenvalue weighted by Crippen LogP contribution is -2.12. The van der Waals surface area contributed by atoms with E-state index in [9.17, 15) is 13.2 Å². The molecule has 0 aliphatic carbocycles. The molecule has 0 saturated carbocycles. The summed E-state index contributed by atoms with van der Waals surface area (Å²) in [5.41, 5.74) is 2.48. The van der Waals surface area contributed by atoms with Crippen molar-refractivity contribution >= 4 is 0 Å². The molecule has 1 N–H and O–H groups in total. The predicted molar refractivity (Wildman–Crippen MR) is 67.3 cm³/mol. The van der Waals surface area contributed by atoms with Gasteiger partial charge in [0.1, 0.15) is 5.75 Å². The fourth-order valence-electron chi connectivity index (χ4n) is 2.19. The summed E-state index contributed by atoms with van der Waals surface area (Å²) < 4.78 is 41.4. The van der Waals surface area contributed by atoms with Crippen molar-refractivity contribution in [1.82, 2.24) is 5.32 Å². The Bertz CT molecular complexity index is 418. The van der Waals surface area contributed by atoms with E-state index in [0.717, 1.165) is 25.9 Å².